The molecule has 2 aromatic rings. The first-order chi connectivity index (χ1) is 10.6. The van der Waals surface area contributed by atoms with Crippen LogP contribution >= 0.6 is 0 Å². The topological polar surface area (TPSA) is 46.6 Å². The molecule has 22 heavy (non-hydrogen) atoms. The van der Waals surface area contributed by atoms with Gasteiger partial charge in [-0.05, 0) is 24.6 Å². The lowest BCUT2D eigenvalue weighted by Gasteiger charge is -2.23. The van der Waals surface area contributed by atoms with Gasteiger partial charge < -0.3 is 9.64 Å². The quantitative estimate of drug-likeness (QED) is 0.629. The predicted molar refractivity (Wildman–Crippen MR) is 85.7 cm³/mol. The van der Waals surface area contributed by atoms with Gasteiger partial charge in [0.05, 0.1) is 6.61 Å². The van der Waals surface area contributed by atoms with Gasteiger partial charge in [0.1, 0.15) is 0 Å². The van der Waals surface area contributed by atoms with Crippen LogP contribution in [-0.2, 0) is 14.3 Å². The molecule has 4 nitrogen and oxygen atoms in total. The van der Waals surface area contributed by atoms with Crippen molar-refractivity contribution < 1.29 is 14.3 Å². The van der Waals surface area contributed by atoms with Crippen LogP contribution < -0.4 is 4.90 Å². The number of carbonyl (C=O) groups excluding carboxylic acids is 2. The van der Waals surface area contributed by atoms with Gasteiger partial charge in [0, 0.05) is 12.7 Å². The first-order valence-corrected chi connectivity index (χ1v) is 7.19. The smallest absolute Gasteiger partial charge is 0.323 e. The van der Waals surface area contributed by atoms with E-state index in [9.17, 15) is 9.59 Å². The Balaban J connectivity index is 2.32. The SMILES string of the molecule is CCOC(=O)C(C(=O)N(C)c1ccccc1)c1ccccc1. The van der Waals surface area contributed by atoms with Crippen molar-refractivity contribution in [3.63, 3.8) is 0 Å². The van der Waals surface area contributed by atoms with Gasteiger partial charge in [-0.15, -0.1) is 0 Å². The highest BCUT2D eigenvalue weighted by molar-refractivity contribution is 6.10. The van der Waals surface area contributed by atoms with Crippen molar-refractivity contribution in [2.24, 2.45) is 0 Å². The van der Waals surface area contributed by atoms with Gasteiger partial charge in [-0.25, -0.2) is 0 Å². The van der Waals surface area contributed by atoms with Gasteiger partial charge in [-0.3, -0.25) is 9.59 Å². The summed E-state index contributed by atoms with van der Waals surface area (Å²) in [6.45, 7) is 1.97. The molecule has 0 spiro atoms. The molecule has 4 heteroatoms. The molecular weight excluding hydrogens is 278 g/mol. The van der Waals surface area contributed by atoms with E-state index in [0.29, 0.717) is 5.56 Å². The van der Waals surface area contributed by atoms with Crippen molar-refractivity contribution in [3.05, 3.63) is 66.2 Å². The van der Waals surface area contributed by atoms with E-state index in [2.05, 4.69) is 0 Å². The fourth-order valence-corrected chi connectivity index (χ4v) is 2.22. The molecule has 0 heterocycles. The minimum absolute atomic E-state index is 0.241. The average Bonchev–Trinajstić information content (AvgIpc) is 2.56. The molecule has 0 saturated heterocycles. The lowest BCUT2D eigenvalue weighted by molar-refractivity contribution is -0.147. The van der Waals surface area contributed by atoms with Crippen LogP contribution in [-0.4, -0.2) is 25.5 Å². The van der Waals surface area contributed by atoms with Crippen molar-refractivity contribution in [1.82, 2.24) is 0 Å². The van der Waals surface area contributed by atoms with Crippen molar-refractivity contribution in [1.29, 1.82) is 0 Å². The molecule has 0 aliphatic heterocycles. The number of nitrogens with zero attached hydrogens (tertiary/aromatic N) is 1. The fourth-order valence-electron chi connectivity index (χ4n) is 2.22. The molecule has 0 aliphatic carbocycles. The van der Waals surface area contributed by atoms with E-state index in [1.54, 1.807) is 38.2 Å². The lowest BCUT2D eigenvalue weighted by Crippen LogP contribution is -2.36. The van der Waals surface area contributed by atoms with Crippen molar-refractivity contribution in [3.8, 4) is 0 Å². The third-order valence-electron chi connectivity index (χ3n) is 3.38. The zero-order valence-corrected chi connectivity index (χ0v) is 12.7. The molecule has 2 aromatic carbocycles. The van der Waals surface area contributed by atoms with E-state index in [4.69, 9.17) is 4.74 Å². The summed E-state index contributed by atoms with van der Waals surface area (Å²) in [5.41, 5.74) is 1.37. The minimum Gasteiger partial charge on any atom is -0.465 e. The third kappa shape index (κ3) is 3.52. The highest BCUT2D eigenvalue weighted by atomic mass is 16.5. The number of likely N-dealkylation sites (N-methyl/N-ethyl adjacent to an activating group) is 1. The number of rotatable bonds is 5. The summed E-state index contributed by atoms with van der Waals surface area (Å²) in [5, 5.41) is 0. The van der Waals surface area contributed by atoms with Crippen LogP contribution in [0.1, 0.15) is 18.4 Å². The van der Waals surface area contributed by atoms with E-state index >= 15 is 0 Å². The van der Waals surface area contributed by atoms with E-state index in [1.165, 1.54) is 4.90 Å². The second kappa shape index (κ2) is 7.41. The predicted octanol–water partition coefficient (Wildman–Crippen LogP) is 3.00. The van der Waals surface area contributed by atoms with Crippen LogP contribution in [0.15, 0.2) is 60.7 Å². The maximum atomic E-state index is 12.8. The van der Waals surface area contributed by atoms with Gasteiger partial charge in [-0.2, -0.15) is 0 Å². The third-order valence-corrected chi connectivity index (χ3v) is 3.38. The van der Waals surface area contributed by atoms with Gasteiger partial charge in [0.2, 0.25) is 5.91 Å². The number of para-hydroxylation sites is 1. The second-order valence-electron chi connectivity index (χ2n) is 4.83. The minimum atomic E-state index is -0.952. The molecule has 1 atom stereocenters. The summed E-state index contributed by atoms with van der Waals surface area (Å²) < 4.78 is 5.08. The van der Waals surface area contributed by atoms with Crippen LogP contribution in [0.3, 0.4) is 0 Å². The van der Waals surface area contributed by atoms with Gasteiger partial charge in [0.15, 0.2) is 5.92 Å². The summed E-state index contributed by atoms with van der Waals surface area (Å²) in [6, 6.07) is 18.2. The summed E-state index contributed by atoms with van der Waals surface area (Å²) in [4.78, 5) is 26.5. The molecule has 0 aromatic heterocycles. The molecule has 2 rings (SSSR count). The molecule has 0 N–H and O–H groups in total. The summed E-state index contributed by atoms with van der Waals surface area (Å²) in [5.74, 6) is -1.79. The Morgan fingerprint density at radius 1 is 1.00 bits per heavy atom. The summed E-state index contributed by atoms with van der Waals surface area (Å²) in [6.07, 6.45) is 0. The number of amides is 1. The summed E-state index contributed by atoms with van der Waals surface area (Å²) >= 11 is 0. The molecule has 0 radical (unpaired) electrons. The average molecular weight is 297 g/mol. The Morgan fingerprint density at radius 2 is 1.55 bits per heavy atom. The molecule has 114 valence electrons. The van der Waals surface area contributed by atoms with Crippen molar-refractivity contribution in [2.75, 3.05) is 18.6 Å². The van der Waals surface area contributed by atoms with Crippen LogP contribution in [0.25, 0.3) is 0 Å². The maximum absolute atomic E-state index is 12.8. The highest BCUT2D eigenvalue weighted by Gasteiger charge is 2.32. The normalized spacial score (nSPS) is 11.5. The van der Waals surface area contributed by atoms with E-state index in [1.807, 2.05) is 36.4 Å². The zero-order chi connectivity index (χ0) is 15.9. The first-order valence-electron chi connectivity index (χ1n) is 7.19. The standard InChI is InChI=1S/C18H19NO3/c1-3-22-18(21)16(14-10-6-4-7-11-14)17(20)19(2)15-12-8-5-9-13-15/h4-13,16H,3H2,1-2H3. The van der Waals surface area contributed by atoms with Gasteiger partial charge in [-0.1, -0.05) is 48.5 Å². The Hall–Kier alpha value is -2.62. The lowest BCUT2D eigenvalue weighted by atomic mass is 9.97. The Labute approximate surface area is 130 Å². The molecule has 0 saturated carbocycles. The van der Waals surface area contributed by atoms with Gasteiger partial charge >= 0.3 is 5.97 Å². The molecular formula is C18H19NO3. The van der Waals surface area contributed by atoms with Crippen LogP contribution in [0, 0.1) is 0 Å². The van der Waals surface area contributed by atoms with E-state index in [-0.39, 0.29) is 12.5 Å². The Morgan fingerprint density at radius 3 is 2.09 bits per heavy atom. The van der Waals surface area contributed by atoms with Crippen LogP contribution in [0.5, 0.6) is 0 Å². The zero-order valence-electron chi connectivity index (χ0n) is 12.7. The number of carbonyl (C=O) groups is 2. The summed E-state index contributed by atoms with van der Waals surface area (Å²) in [7, 11) is 1.66. The largest absolute Gasteiger partial charge is 0.465 e. The number of ether oxygens (including phenoxy) is 1. The van der Waals surface area contributed by atoms with E-state index in [0.717, 1.165) is 5.69 Å². The molecule has 0 fully saturated rings. The van der Waals surface area contributed by atoms with Crippen LogP contribution in [0.4, 0.5) is 5.69 Å². The number of benzene rings is 2. The molecule has 0 aliphatic rings. The van der Waals surface area contributed by atoms with E-state index < -0.39 is 11.9 Å². The second-order valence-corrected chi connectivity index (χ2v) is 4.83. The fraction of sp³-hybridized carbons (Fsp3) is 0.222. The molecule has 0 bridgehead atoms. The van der Waals surface area contributed by atoms with Crippen LogP contribution in [0.2, 0.25) is 0 Å². The molecule has 1 amide bonds. The monoisotopic (exact) mass is 297 g/mol. The van der Waals surface area contributed by atoms with Gasteiger partial charge in [0.25, 0.3) is 0 Å². The van der Waals surface area contributed by atoms with Crippen molar-refractivity contribution >= 4 is 17.6 Å². The number of hydrogen-bond acceptors (Lipinski definition) is 3. The number of anilines is 1. The number of hydrogen-bond donors (Lipinski definition) is 0. The Bertz CT molecular complexity index is 625. The van der Waals surface area contributed by atoms with Crippen molar-refractivity contribution in [2.45, 2.75) is 12.8 Å². The first kappa shape index (κ1) is 15.8. The maximum Gasteiger partial charge on any atom is 0.323 e. The Kier molecular flexibility index (Phi) is 5.31. The molecule has 1 unspecified atom stereocenters. The number of esters is 1. The highest BCUT2D eigenvalue weighted by Crippen LogP contribution is 2.23.